The zero-order valence-corrected chi connectivity index (χ0v) is 14.3. The molecule has 0 aliphatic carbocycles. The summed E-state index contributed by atoms with van der Waals surface area (Å²) in [6, 6.07) is 6.74. The van der Waals surface area contributed by atoms with Crippen LogP contribution >= 0.6 is 0 Å². The van der Waals surface area contributed by atoms with Crippen LogP contribution in [0.1, 0.15) is 25.3 Å². The SMILES string of the molecule is CN=C(NCCc1cccc(F)c1)NCCN1CCCC(C)C1. The van der Waals surface area contributed by atoms with Gasteiger partial charge in [-0.25, -0.2) is 4.39 Å². The van der Waals surface area contributed by atoms with Gasteiger partial charge >= 0.3 is 0 Å². The minimum Gasteiger partial charge on any atom is -0.356 e. The number of piperidine rings is 1. The predicted octanol–water partition coefficient (Wildman–Crippen LogP) is 2.27. The Morgan fingerprint density at radius 3 is 2.91 bits per heavy atom. The van der Waals surface area contributed by atoms with Crippen LogP contribution in [0.4, 0.5) is 4.39 Å². The smallest absolute Gasteiger partial charge is 0.191 e. The molecule has 0 amide bonds. The van der Waals surface area contributed by atoms with Crippen molar-refractivity contribution in [3.8, 4) is 0 Å². The van der Waals surface area contributed by atoms with Crippen molar-refractivity contribution in [2.45, 2.75) is 26.2 Å². The van der Waals surface area contributed by atoms with Crippen LogP contribution in [0.15, 0.2) is 29.3 Å². The van der Waals surface area contributed by atoms with E-state index in [2.05, 4.69) is 27.4 Å². The van der Waals surface area contributed by atoms with Crippen LogP contribution in [-0.4, -0.2) is 50.6 Å². The highest BCUT2D eigenvalue weighted by Crippen LogP contribution is 2.14. The minimum absolute atomic E-state index is 0.180. The summed E-state index contributed by atoms with van der Waals surface area (Å²) in [5.74, 6) is 1.44. The van der Waals surface area contributed by atoms with Gasteiger partial charge in [0.2, 0.25) is 0 Å². The van der Waals surface area contributed by atoms with Gasteiger partial charge in [-0.15, -0.1) is 0 Å². The zero-order valence-electron chi connectivity index (χ0n) is 14.3. The van der Waals surface area contributed by atoms with Gasteiger partial charge in [0, 0.05) is 33.2 Å². The lowest BCUT2D eigenvalue weighted by molar-refractivity contribution is 0.187. The second-order valence-corrected chi connectivity index (χ2v) is 6.35. The first kappa shape index (κ1) is 17.7. The molecular weight excluding hydrogens is 291 g/mol. The number of hydrogen-bond donors (Lipinski definition) is 2. The normalized spacial score (nSPS) is 19.6. The molecule has 1 atom stereocenters. The van der Waals surface area contributed by atoms with Gasteiger partial charge in [-0.05, 0) is 49.4 Å². The van der Waals surface area contributed by atoms with Crippen molar-refractivity contribution in [2.24, 2.45) is 10.9 Å². The van der Waals surface area contributed by atoms with Crippen molar-refractivity contribution in [1.82, 2.24) is 15.5 Å². The molecule has 0 bridgehead atoms. The number of nitrogens with zero attached hydrogens (tertiary/aromatic N) is 2. The van der Waals surface area contributed by atoms with E-state index < -0.39 is 0 Å². The Kier molecular flexibility index (Phi) is 7.33. The Bertz CT molecular complexity index is 504. The van der Waals surface area contributed by atoms with E-state index >= 15 is 0 Å². The first-order valence-corrected chi connectivity index (χ1v) is 8.58. The summed E-state index contributed by atoms with van der Waals surface area (Å²) in [5, 5.41) is 6.63. The Labute approximate surface area is 139 Å². The van der Waals surface area contributed by atoms with Crippen molar-refractivity contribution in [1.29, 1.82) is 0 Å². The molecule has 0 aromatic heterocycles. The fraction of sp³-hybridized carbons (Fsp3) is 0.611. The van der Waals surface area contributed by atoms with Gasteiger partial charge in [-0.1, -0.05) is 19.1 Å². The van der Waals surface area contributed by atoms with Crippen LogP contribution in [0.25, 0.3) is 0 Å². The Morgan fingerprint density at radius 2 is 2.17 bits per heavy atom. The highest BCUT2D eigenvalue weighted by molar-refractivity contribution is 5.79. The molecule has 1 fully saturated rings. The maximum absolute atomic E-state index is 13.1. The zero-order chi connectivity index (χ0) is 16.5. The highest BCUT2D eigenvalue weighted by Gasteiger charge is 2.15. The van der Waals surface area contributed by atoms with E-state index in [1.807, 2.05) is 6.07 Å². The summed E-state index contributed by atoms with van der Waals surface area (Å²) in [6.45, 7) is 7.42. The standard InChI is InChI=1S/C18H29FN4/c1-15-5-4-11-23(14-15)12-10-22-18(20-2)21-9-8-16-6-3-7-17(19)13-16/h3,6-7,13,15H,4-5,8-12,14H2,1-2H3,(H2,20,21,22). The van der Waals surface area contributed by atoms with Crippen molar-refractivity contribution in [3.63, 3.8) is 0 Å². The van der Waals surface area contributed by atoms with E-state index in [0.717, 1.165) is 43.5 Å². The van der Waals surface area contributed by atoms with Gasteiger partial charge in [-0.2, -0.15) is 0 Å². The molecule has 2 N–H and O–H groups in total. The van der Waals surface area contributed by atoms with Crippen LogP contribution in [0.2, 0.25) is 0 Å². The Hall–Kier alpha value is -1.62. The van der Waals surface area contributed by atoms with Crippen LogP contribution in [-0.2, 0) is 6.42 Å². The fourth-order valence-electron chi connectivity index (χ4n) is 3.06. The summed E-state index contributed by atoms with van der Waals surface area (Å²) in [4.78, 5) is 6.75. The lowest BCUT2D eigenvalue weighted by Gasteiger charge is -2.30. The third-order valence-electron chi connectivity index (χ3n) is 4.28. The lowest BCUT2D eigenvalue weighted by Crippen LogP contribution is -2.44. The monoisotopic (exact) mass is 320 g/mol. The van der Waals surface area contributed by atoms with E-state index in [1.165, 1.54) is 32.0 Å². The molecule has 1 aliphatic heterocycles. The van der Waals surface area contributed by atoms with Crippen molar-refractivity contribution in [3.05, 3.63) is 35.6 Å². The average Bonchev–Trinajstić information content (AvgIpc) is 2.53. The van der Waals surface area contributed by atoms with Crippen molar-refractivity contribution >= 4 is 5.96 Å². The molecule has 1 aliphatic rings. The van der Waals surface area contributed by atoms with Gasteiger partial charge in [0.15, 0.2) is 5.96 Å². The van der Waals surface area contributed by atoms with Crippen LogP contribution in [0.3, 0.4) is 0 Å². The number of nitrogens with one attached hydrogen (secondary N) is 2. The van der Waals surface area contributed by atoms with Crippen LogP contribution in [0, 0.1) is 11.7 Å². The number of halogens is 1. The molecule has 1 aromatic carbocycles. The number of aliphatic imine (C=N–C) groups is 1. The summed E-state index contributed by atoms with van der Waals surface area (Å²) in [6.07, 6.45) is 3.44. The predicted molar refractivity (Wildman–Crippen MR) is 94.3 cm³/mol. The molecule has 1 aromatic rings. The Balaban J connectivity index is 1.63. The second-order valence-electron chi connectivity index (χ2n) is 6.35. The summed E-state index contributed by atoms with van der Waals surface area (Å²) in [7, 11) is 1.78. The highest BCUT2D eigenvalue weighted by atomic mass is 19.1. The van der Waals surface area contributed by atoms with Gasteiger partial charge in [0.1, 0.15) is 5.82 Å². The number of hydrogen-bond acceptors (Lipinski definition) is 2. The summed E-state index contributed by atoms with van der Waals surface area (Å²) in [5.41, 5.74) is 0.996. The quantitative estimate of drug-likeness (QED) is 0.624. The number of benzene rings is 1. The molecule has 1 heterocycles. The first-order chi connectivity index (χ1) is 11.2. The third kappa shape index (κ3) is 6.57. The maximum Gasteiger partial charge on any atom is 0.191 e. The summed E-state index contributed by atoms with van der Waals surface area (Å²) >= 11 is 0. The number of guanidine groups is 1. The molecule has 1 saturated heterocycles. The largest absolute Gasteiger partial charge is 0.356 e. The molecule has 0 spiro atoms. The molecular formula is C18H29FN4. The summed E-state index contributed by atoms with van der Waals surface area (Å²) < 4.78 is 13.1. The average molecular weight is 320 g/mol. The van der Waals surface area contributed by atoms with Gasteiger partial charge in [0.05, 0.1) is 0 Å². The van der Waals surface area contributed by atoms with E-state index in [4.69, 9.17) is 0 Å². The van der Waals surface area contributed by atoms with E-state index in [-0.39, 0.29) is 5.82 Å². The third-order valence-corrected chi connectivity index (χ3v) is 4.28. The Morgan fingerprint density at radius 1 is 1.35 bits per heavy atom. The fourth-order valence-corrected chi connectivity index (χ4v) is 3.06. The minimum atomic E-state index is -0.180. The van der Waals surface area contributed by atoms with Gasteiger partial charge in [-0.3, -0.25) is 4.99 Å². The van der Waals surface area contributed by atoms with Gasteiger partial charge in [0.25, 0.3) is 0 Å². The molecule has 5 heteroatoms. The number of rotatable bonds is 6. The first-order valence-electron chi connectivity index (χ1n) is 8.58. The molecule has 2 rings (SSSR count). The van der Waals surface area contributed by atoms with Crippen LogP contribution in [0.5, 0.6) is 0 Å². The molecule has 0 saturated carbocycles. The topological polar surface area (TPSA) is 39.7 Å². The lowest BCUT2D eigenvalue weighted by atomic mass is 10.0. The molecule has 23 heavy (non-hydrogen) atoms. The van der Waals surface area contributed by atoms with E-state index in [0.29, 0.717) is 0 Å². The van der Waals surface area contributed by atoms with Gasteiger partial charge < -0.3 is 15.5 Å². The van der Waals surface area contributed by atoms with Crippen molar-refractivity contribution < 1.29 is 4.39 Å². The second kappa shape index (κ2) is 9.50. The molecule has 1 unspecified atom stereocenters. The molecule has 4 nitrogen and oxygen atoms in total. The molecule has 128 valence electrons. The number of likely N-dealkylation sites (tertiary alicyclic amines) is 1. The van der Waals surface area contributed by atoms with E-state index in [9.17, 15) is 4.39 Å². The maximum atomic E-state index is 13.1. The van der Waals surface area contributed by atoms with E-state index in [1.54, 1.807) is 19.2 Å². The van der Waals surface area contributed by atoms with Crippen LogP contribution < -0.4 is 10.6 Å². The van der Waals surface area contributed by atoms with Crippen molar-refractivity contribution in [2.75, 3.05) is 39.8 Å². The molecule has 0 radical (unpaired) electrons.